The topological polar surface area (TPSA) is 99.4 Å². The molecule has 8 heteroatoms. The van der Waals surface area contributed by atoms with E-state index < -0.39 is 15.8 Å². The number of benzene rings is 2. The summed E-state index contributed by atoms with van der Waals surface area (Å²) in [6.07, 6.45) is 1.54. The van der Waals surface area contributed by atoms with E-state index in [2.05, 4.69) is 4.40 Å². The first kappa shape index (κ1) is 20.7. The van der Waals surface area contributed by atoms with Gasteiger partial charge in [-0.3, -0.25) is 0 Å². The van der Waals surface area contributed by atoms with E-state index in [1.807, 2.05) is 13.0 Å². The first-order chi connectivity index (χ1) is 14.3. The normalized spacial score (nSPS) is 22.5. The molecule has 0 spiro atoms. The van der Waals surface area contributed by atoms with Crippen LogP contribution in [-0.4, -0.2) is 55.5 Å². The van der Waals surface area contributed by atoms with Gasteiger partial charge in [-0.05, 0) is 37.1 Å². The molecule has 2 aromatic rings. The highest BCUT2D eigenvalue weighted by atomic mass is 32.2. The van der Waals surface area contributed by atoms with Gasteiger partial charge < -0.3 is 19.8 Å². The van der Waals surface area contributed by atoms with E-state index in [0.717, 1.165) is 5.56 Å². The number of aliphatic hydroxyl groups excluding tert-OH is 1. The number of β-amino-alcohol motifs (C(OH)–C–C–N with tert-alkyl or cyclic N) is 1. The minimum absolute atomic E-state index is 0.109. The highest BCUT2D eigenvalue weighted by Crippen LogP contribution is 2.41. The fraction of sp³-hybridized carbons (Fsp3) is 0.318. The summed E-state index contributed by atoms with van der Waals surface area (Å²) < 4.78 is 36.2. The van der Waals surface area contributed by atoms with E-state index in [1.165, 1.54) is 0 Å². The lowest BCUT2D eigenvalue weighted by Crippen LogP contribution is -2.50. The summed E-state index contributed by atoms with van der Waals surface area (Å²) in [6.45, 7) is 4.48. The smallest absolute Gasteiger partial charge is 0.283 e. The van der Waals surface area contributed by atoms with Crippen molar-refractivity contribution in [3.8, 4) is 0 Å². The number of hydrogen-bond acceptors (Lipinski definition) is 6. The van der Waals surface area contributed by atoms with Gasteiger partial charge in [0.15, 0.2) is 0 Å². The molecule has 1 heterocycles. The van der Waals surface area contributed by atoms with Crippen LogP contribution in [0.3, 0.4) is 0 Å². The highest BCUT2D eigenvalue weighted by Gasteiger charge is 2.46. The van der Waals surface area contributed by atoms with Gasteiger partial charge in [-0.2, -0.15) is 12.8 Å². The molecule has 1 aliphatic carbocycles. The van der Waals surface area contributed by atoms with Crippen molar-refractivity contribution in [1.82, 2.24) is 4.90 Å². The fourth-order valence-corrected chi connectivity index (χ4v) is 5.24. The zero-order valence-corrected chi connectivity index (χ0v) is 17.7. The number of aryl methyl sites for hydroxylation is 2. The highest BCUT2D eigenvalue weighted by molar-refractivity contribution is 7.90. The minimum atomic E-state index is -3.99. The molecule has 2 aliphatic rings. The van der Waals surface area contributed by atoms with Crippen molar-refractivity contribution in [2.45, 2.75) is 24.5 Å². The van der Waals surface area contributed by atoms with Crippen LogP contribution >= 0.6 is 0 Å². The van der Waals surface area contributed by atoms with E-state index in [4.69, 9.17) is 4.74 Å². The van der Waals surface area contributed by atoms with Crippen molar-refractivity contribution in [2.24, 2.45) is 4.40 Å². The minimum Gasteiger partial charge on any atom is -0.395 e. The molecule has 7 nitrogen and oxygen atoms in total. The van der Waals surface area contributed by atoms with Gasteiger partial charge in [-0.15, -0.1) is 0 Å². The van der Waals surface area contributed by atoms with E-state index in [-0.39, 0.29) is 30.4 Å². The van der Waals surface area contributed by atoms with Crippen LogP contribution in [0.25, 0.3) is 0 Å². The molecule has 0 amide bonds. The lowest BCUT2D eigenvalue weighted by molar-refractivity contribution is -0.219. The molecule has 1 fully saturated rings. The SMILES string of the molecule is Cc1ccc(C)c(S(=O)(=O)/N=C2/C=C3N(CCO)CCOC3(O)c3ccccc32)c1. The molecule has 0 radical (unpaired) electrons. The van der Waals surface area contributed by atoms with Crippen molar-refractivity contribution >= 4 is 15.7 Å². The molecule has 0 bridgehead atoms. The maximum Gasteiger partial charge on any atom is 0.283 e. The van der Waals surface area contributed by atoms with Gasteiger partial charge in [-0.1, -0.05) is 36.4 Å². The summed E-state index contributed by atoms with van der Waals surface area (Å²) in [6, 6.07) is 12.1. The summed E-state index contributed by atoms with van der Waals surface area (Å²) in [4.78, 5) is 1.94. The molecule has 2 aromatic carbocycles. The van der Waals surface area contributed by atoms with Crippen LogP contribution in [0.5, 0.6) is 0 Å². The predicted octanol–water partition coefficient (Wildman–Crippen LogP) is 1.85. The van der Waals surface area contributed by atoms with Gasteiger partial charge in [0.1, 0.15) is 0 Å². The summed E-state index contributed by atoms with van der Waals surface area (Å²) in [5.41, 5.74) is 2.95. The summed E-state index contributed by atoms with van der Waals surface area (Å²) in [7, 11) is -3.99. The maximum absolute atomic E-state index is 13.2. The molecule has 1 saturated heterocycles. The van der Waals surface area contributed by atoms with Crippen molar-refractivity contribution in [3.05, 3.63) is 76.5 Å². The third-order valence-electron chi connectivity index (χ3n) is 5.41. The van der Waals surface area contributed by atoms with Crippen molar-refractivity contribution < 1.29 is 23.4 Å². The van der Waals surface area contributed by atoms with Gasteiger partial charge in [0, 0.05) is 24.2 Å². The monoisotopic (exact) mass is 428 g/mol. The predicted molar refractivity (Wildman–Crippen MR) is 113 cm³/mol. The van der Waals surface area contributed by atoms with Crippen LogP contribution in [-0.2, 0) is 20.5 Å². The number of allylic oxidation sites excluding steroid dienone is 1. The van der Waals surface area contributed by atoms with Crippen molar-refractivity contribution in [1.29, 1.82) is 0 Å². The fourth-order valence-electron chi connectivity index (χ4n) is 3.92. The quantitative estimate of drug-likeness (QED) is 0.771. The van der Waals surface area contributed by atoms with E-state index in [9.17, 15) is 18.6 Å². The standard InChI is InChI=1S/C22H24N2O5S/c1-15-7-8-16(2)20(13-15)30(27,28)23-19-14-21-22(26,18-6-4-3-5-17(18)19)29-12-10-24(21)9-11-25/h3-8,13-14,25-26H,9-12H2,1-2H3/b23-19-. The average molecular weight is 429 g/mol. The van der Waals surface area contributed by atoms with Crippen LogP contribution in [0.1, 0.15) is 22.3 Å². The molecular formula is C22H24N2O5S. The number of morpholine rings is 1. The second-order valence-corrected chi connectivity index (χ2v) is 9.07. The Labute approximate surface area is 176 Å². The number of nitrogens with zero attached hydrogens (tertiary/aromatic N) is 2. The average Bonchev–Trinajstić information content (AvgIpc) is 2.71. The molecule has 1 atom stereocenters. The Morgan fingerprint density at radius 1 is 1.20 bits per heavy atom. The third-order valence-corrected chi connectivity index (χ3v) is 6.84. The number of fused-ring (bicyclic) bond motifs is 3. The first-order valence-corrected chi connectivity index (χ1v) is 11.2. The Bertz CT molecular complexity index is 1150. The van der Waals surface area contributed by atoms with Crippen LogP contribution in [0.4, 0.5) is 0 Å². The Kier molecular flexibility index (Phi) is 5.27. The molecule has 1 aliphatic heterocycles. The summed E-state index contributed by atoms with van der Waals surface area (Å²) >= 11 is 0. The van der Waals surface area contributed by atoms with Gasteiger partial charge >= 0.3 is 0 Å². The number of hydrogen-bond donors (Lipinski definition) is 2. The van der Waals surface area contributed by atoms with E-state index in [0.29, 0.717) is 28.9 Å². The Morgan fingerprint density at radius 3 is 2.73 bits per heavy atom. The largest absolute Gasteiger partial charge is 0.395 e. The second kappa shape index (κ2) is 7.63. The summed E-state index contributed by atoms with van der Waals surface area (Å²) in [5, 5.41) is 20.8. The molecule has 30 heavy (non-hydrogen) atoms. The lowest BCUT2D eigenvalue weighted by Gasteiger charge is -2.45. The maximum atomic E-state index is 13.2. The second-order valence-electron chi connectivity index (χ2n) is 7.50. The van der Waals surface area contributed by atoms with Crippen LogP contribution < -0.4 is 0 Å². The van der Waals surface area contributed by atoms with Gasteiger partial charge in [-0.25, -0.2) is 0 Å². The van der Waals surface area contributed by atoms with Crippen LogP contribution in [0.15, 0.2) is 63.5 Å². The first-order valence-electron chi connectivity index (χ1n) is 9.73. The van der Waals surface area contributed by atoms with Crippen molar-refractivity contribution in [3.63, 3.8) is 0 Å². The summed E-state index contributed by atoms with van der Waals surface area (Å²) in [5.74, 6) is -1.72. The van der Waals surface area contributed by atoms with Crippen LogP contribution in [0, 0.1) is 13.8 Å². The third kappa shape index (κ3) is 3.45. The molecule has 0 saturated carbocycles. The van der Waals surface area contributed by atoms with Crippen LogP contribution in [0.2, 0.25) is 0 Å². The molecule has 4 rings (SSSR count). The van der Waals surface area contributed by atoms with E-state index in [1.54, 1.807) is 54.3 Å². The van der Waals surface area contributed by atoms with Gasteiger partial charge in [0.2, 0.25) is 5.79 Å². The Morgan fingerprint density at radius 2 is 1.97 bits per heavy atom. The van der Waals surface area contributed by atoms with E-state index >= 15 is 0 Å². The zero-order chi connectivity index (χ0) is 21.5. The lowest BCUT2D eigenvalue weighted by atomic mass is 9.86. The van der Waals surface area contributed by atoms with Gasteiger partial charge in [0.25, 0.3) is 10.0 Å². The molecule has 2 N–H and O–H groups in total. The number of rotatable bonds is 4. The zero-order valence-electron chi connectivity index (χ0n) is 16.9. The number of aliphatic hydroxyl groups is 2. The number of ether oxygens (including phenoxy) is 1. The molecule has 158 valence electrons. The molecular weight excluding hydrogens is 404 g/mol. The Hall–Kier alpha value is -2.52. The Balaban J connectivity index is 1.91. The molecule has 0 aromatic heterocycles. The molecule has 1 unspecified atom stereocenters. The van der Waals surface area contributed by atoms with Crippen molar-refractivity contribution in [2.75, 3.05) is 26.3 Å². The van der Waals surface area contributed by atoms with Gasteiger partial charge in [0.05, 0.1) is 29.5 Å². The number of sulfonamides is 1.